The predicted molar refractivity (Wildman–Crippen MR) is 76.5 cm³/mol. The van der Waals surface area contributed by atoms with Crippen molar-refractivity contribution in [2.24, 2.45) is 0 Å². The van der Waals surface area contributed by atoms with Crippen LogP contribution in [0.3, 0.4) is 0 Å². The molecule has 2 heterocycles. The number of carbonyl (C=O) groups is 3. The molecule has 7 nitrogen and oxygen atoms in total. The van der Waals surface area contributed by atoms with Crippen molar-refractivity contribution in [2.75, 3.05) is 11.9 Å². The van der Waals surface area contributed by atoms with Crippen molar-refractivity contribution in [3.8, 4) is 0 Å². The van der Waals surface area contributed by atoms with Gasteiger partial charge < -0.3 is 15.7 Å². The molecule has 0 fully saturated rings. The number of aromatic carboxylic acids is 1. The minimum absolute atomic E-state index is 0.0268. The molecule has 0 bridgehead atoms. The number of rotatable bonds is 5. The molecule has 8 heteroatoms. The van der Waals surface area contributed by atoms with Crippen molar-refractivity contribution in [3.05, 3.63) is 46.3 Å². The van der Waals surface area contributed by atoms with Gasteiger partial charge in [0.05, 0.1) is 17.0 Å². The fourth-order valence-electron chi connectivity index (χ4n) is 1.44. The molecule has 0 aliphatic carbocycles. The Labute approximate surface area is 123 Å². The summed E-state index contributed by atoms with van der Waals surface area (Å²) in [7, 11) is 0. The molecule has 0 spiro atoms. The number of nitrogens with one attached hydrogen (secondary N) is 2. The zero-order chi connectivity index (χ0) is 15.2. The fourth-order valence-corrected chi connectivity index (χ4v) is 2.08. The maximum absolute atomic E-state index is 11.6. The lowest BCUT2D eigenvalue weighted by Gasteiger charge is -2.05. The van der Waals surface area contributed by atoms with Gasteiger partial charge in [0.1, 0.15) is 5.82 Å². The van der Waals surface area contributed by atoms with E-state index in [4.69, 9.17) is 5.11 Å². The molecule has 2 aromatic heterocycles. The molecule has 3 N–H and O–H groups in total. The first kappa shape index (κ1) is 14.7. The van der Waals surface area contributed by atoms with E-state index in [1.165, 1.54) is 23.5 Å². The summed E-state index contributed by atoms with van der Waals surface area (Å²) >= 11 is 1.28. The number of aromatic nitrogens is 1. The van der Waals surface area contributed by atoms with Crippen LogP contribution in [-0.2, 0) is 4.79 Å². The Morgan fingerprint density at radius 1 is 1.24 bits per heavy atom. The third-order valence-electron chi connectivity index (χ3n) is 2.43. The molecule has 2 aromatic rings. The summed E-state index contributed by atoms with van der Waals surface area (Å²) in [5, 5.41) is 15.4. The molecule has 0 aliphatic heterocycles. The van der Waals surface area contributed by atoms with E-state index in [1.54, 1.807) is 17.5 Å². The van der Waals surface area contributed by atoms with E-state index in [2.05, 4.69) is 15.6 Å². The number of amides is 2. The van der Waals surface area contributed by atoms with Crippen LogP contribution in [0.25, 0.3) is 0 Å². The highest BCUT2D eigenvalue weighted by Gasteiger charge is 2.09. The summed E-state index contributed by atoms with van der Waals surface area (Å²) in [6, 6.07) is 6.11. The van der Waals surface area contributed by atoms with Crippen LogP contribution < -0.4 is 10.6 Å². The van der Waals surface area contributed by atoms with Gasteiger partial charge in [-0.25, -0.2) is 9.78 Å². The number of nitrogens with zero attached hydrogens (tertiary/aromatic N) is 1. The number of pyridine rings is 1. The smallest absolute Gasteiger partial charge is 0.337 e. The van der Waals surface area contributed by atoms with Gasteiger partial charge in [-0.1, -0.05) is 6.07 Å². The Hall–Kier alpha value is -2.74. The average Bonchev–Trinajstić information content (AvgIpc) is 2.99. The second-order valence-electron chi connectivity index (χ2n) is 3.95. The van der Waals surface area contributed by atoms with Gasteiger partial charge in [0.15, 0.2) is 0 Å². The second-order valence-corrected chi connectivity index (χ2v) is 4.89. The highest BCUT2D eigenvalue weighted by molar-refractivity contribution is 7.12. The number of carbonyl (C=O) groups excluding carboxylic acids is 2. The number of carboxylic acid groups (broad SMARTS) is 1. The largest absolute Gasteiger partial charge is 0.478 e. The number of carboxylic acids is 1. The summed E-state index contributed by atoms with van der Waals surface area (Å²) in [4.78, 5) is 38.2. The Kier molecular flexibility index (Phi) is 4.62. The van der Waals surface area contributed by atoms with Crippen molar-refractivity contribution >= 4 is 34.9 Å². The number of thiophene rings is 1. The summed E-state index contributed by atoms with van der Waals surface area (Å²) in [6.07, 6.45) is 1.14. The molecule has 0 unspecified atom stereocenters. The molecule has 0 saturated carbocycles. The zero-order valence-corrected chi connectivity index (χ0v) is 11.5. The van der Waals surface area contributed by atoms with Gasteiger partial charge >= 0.3 is 5.97 Å². The van der Waals surface area contributed by atoms with Crippen molar-refractivity contribution in [1.29, 1.82) is 0 Å². The van der Waals surface area contributed by atoms with Crippen LogP contribution in [0.15, 0.2) is 35.8 Å². The molecular weight excluding hydrogens is 294 g/mol. The third-order valence-corrected chi connectivity index (χ3v) is 3.30. The Morgan fingerprint density at radius 2 is 2.05 bits per heavy atom. The number of hydrogen-bond acceptors (Lipinski definition) is 5. The molecule has 108 valence electrons. The first-order valence-electron chi connectivity index (χ1n) is 5.87. The highest BCUT2D eigenvalue weighted by Crippen LogP contribution is 2.08. The minimum atomic E-state index is -1.09. The first-order chi connectivity index (χ1) is 10.1. The summed E-state index contributed by atoms with van der Waals surface area (Å²) in [5.41, 5.74) is 0.0268. The van der Waals surface area contributed by atoms with Gasteiger partial charge in [0, 0.05) is 6.20 Å². The lowest BCUT2D eigenvalue weighted by Crippen LogP contribution is -2.32. The maximum atomic E-state index is 11.6. The molecule has 0 aromatic carbocycles. The van der Waals surface area contributed by atoms with Gasteiger partial charge in [0.25, 0.3) is 5.91 Å². The summed E-state index contributed by atoms with van der Waals surface area (Å²) in [6.45, 7) is -0.195. The van der Waals surface area contributed by atoms with Gasteiger partial charge in [-0.05, 0) is 23.6 Å². The van der Waals surface area contributed by atoms with Crippen molar-refractivity contribution in [2.45, 2.75) is 0 Å². The Morgan fingerprint density at radius 3 is 2.62 bits per heavy atom. The fraction of sp³-hybridized carbons (Fsp3) is 0.0769. The topological polar surface area (TPSA) is 108 Å². The van der Waals surface area contributed by atoms with Crippen LogP contribution in [0.5, 0.6) is 0 Å². The Bertz CT molecular complexity index is 653. The van der Waals surface area contributed by atoms with Crippen LogP contribution >= 0.6 is 11.3 Å². The molecule has 0 saturated heterocycles. The zero-order valence-electron chi connectivity index (χ0n) is 10.7. The monoisotopic (exact) mass is 305 g/mol. The molecule has 0 aliphatic rings. The van der Waals surface area contributed by atoms with E-state index in [1.807, 2.05) is 0 Å². The van der Waals surface area contributed by atoms with E-state index >= 15 is 0 Å². The van der Waals surface area contributed by atoms with Crippen LogP contribution in [0.4, 0.5) is 5.82 Å². The van der Waals surface area contributed by atoms with Gasteiger partial charge in [-0.3, -0.25) is 9.59 Å². The van der Waals surface area contributed by atoms with Crippen LogP contribution in [-0.4, -0.2) is 34.4 Å². The maximum Gasteiger partial charge on any atom is 0.337 e. The van der Waals surface area contributed by atoms with E-state index in [-0.39, 0.29) is 23.8 Å². The summed E-state index contributed by atoms with van der Waals surface area (Å²) in [5.74, 6) is -1.65. The quantitative estimate of drug-likeness (QED) is 0.769. The molecule has 2 rings (SSSR count). The van der Waals surface area contributed by atoms with Crippen molar-refractivity contribution in [1.82, 2.24) is 10.3 Å². The standard InChI is InChI=1S/C13H11N3O4S/c17-11(7-15-12(18)9-2-1-5-21-9)16-10-4-3-8(6-14-10)13(19)20/h1-6H,7H2,(H,15,18)(H,19,20)(H,14,16,17). The molecule has 2 amide bonds. The predicted octanol–water partition coefficient (Wildman–Crippen LogP) is 1.21. The van der Waals surface area contributed by atoms with E-state index in [0.717, 1.165) is 6.20 Å². The molecule has 0 radical (unpaired) electrons. The molecule has 0 atom stereocenters. The van der Waals surface area contributed by atoms with Gasteiger partial charge in [0.2, 0.25) is 5.91 Å². The van der Waals surface area contributed by atoms with Crippen molar-refractivity contribution in [3.63, 3.8) is 0 Å². The first-order valence-corrected chi connectivity index (χ1v) is 6.75. The van der Waals surface area contributed by atoms with Crippen LogP contribution in [0.1, 0.15) is 20.0 Å². The highest BCUT2D eigenvalue weighted by atomic mass is 32.1. The number of hydrogen-bond donors (Lipinski definition) is 3. The van der Waals surface area contributed by atoms with Crippen LogP contribution in [0, 0.1) is 0 Å². The molecule has 21 heavy (non-hydrogen) atoms. The third kappa shape index (κ3) is 4.11. The van der Waals surface area contributed by atoms with E-state index in [9.17, 15) is 14.4 Å². The van der Waals surface area contributed by atoms with Gasteiger partial charge in [-0.15, -0.1) is 11.3 Å². The van der Waals surface area contributed by atoms with Crippen LogP contribution in [0.2, 0.25) is 0 Å². The number of anilines is 1. The van der Waals surface area contributed by atoms with E-state index < -0.39 is 11.9 Å². The average molecular weight is 305 g/mol. The second kappa shape index (κ2) is 6.62. The normalized spacial score (nSPS) is 9.90. The summed E-state index contributed by atoms with van der Waals surface area (Å²) < 4.78 is 0. The lowest BCUT2D eigenvalue weighted by atomic mass is 10.3. The van der Waals surface area contributed by atoms with Crippen molar-refractivity contribution < 1.29 is 19.5 Å². The van der Waals surface area contributed by atoms with Gasteiger partial charge in [-0.2, -0.15) is 0 Å². The molecular formula is C13H11N3O4S. The Balaban J connectivity index is 1.84. The SMILES string of the molecule is O=C(CNC(=O)c1cccs1)Nc1ccc(C(=O)O)cn1. The van der Waals surface area contributed by atoms with E-state index in [0.29, 0.717) is 4.88 Å². The lowest BCUT2D eigenvalue weighted by molar-refractivity contribution is -0.115. The minimum Gasteiger partial charge on any atom is -0.478 e.